The summed E-state index contributed by atoms with van der Waals surface area (Å²) >= 11 is 3.66. The summed E-state index contributed by atoms with van der Waals surface area (Å²) < 4.78 is 3.13. The Morgan fingerprint density at radius 3 is 2.45 bits per heavy atom. The van der Waals surface area contributed by atoms with E-state index in [1.54, 1.807) is 0 Å². The monoisotopic (exact) mass is 335 g/mol. The summed E-state index contributed by atoms with van der Waals surface area (Å²) in [5.74, 6) is 0. The van der Waals surface area contributed by atoms with Crippen LogP contribution in [0.2, 0.25) is 0 Å². The molecule has 0 saturated heterocycles. The SMILES string of the molecule is Cc1nn(-c2ccc(CNC(C)C)c(Br)c2)c(C)c1C. The predicted octanol–water partition coefficient (Wildman–Crippen LogP) is 4.06. The molecule has 0 saturated carbocycles. The first-order valence-corrected chi connectivity index (χ1v) is 7.74. The van der Waals surface area contributed by atoms with Gasteiger partial charge in [-0.3, -0.25) is 0 Å². The van der Waals surface area contributed by atoms with Crippen LogP contribution in [0.5, 0.6) is 0 Å². The van der Waals surface area contributed by atoms with Gasteiger partial charge in [0.25, 0.3) is 0 Å². The predicted molar refractivity (Wildman–Crippen MR) is 87.5 cm³/mol. The Kier molecular flexibility index (Phi) is 4.66. The maximum absolute atomic E-state index is 4.61. The fourth-order valence-corrected chi connectivity index (χ4v) is 2.60. The summed E-state index contributed by atoms with van der Waals surface area (Å²) in [5.41, 5.74) is 5.90. The molecule has 4 heteroatoms. The second-order valence-electron chi connectivity index (χ2n) is 5.52. The van der Waals surface area contributed by atoms with Crippen molar-refractivity contribution in [2.45, 2.75) is 47.2 Å². The van der Waals surface area contributed by atoms with E-state index in [-0.39, 0.29) is 0 Å². The van der Waals surface area contributed by atoms with Crippen molar-refractivity contribution in [1.82, 2.24) is 15.1 Å². The fraction of sp³-hybridized carbons (Fsp3) is 0.438. The molecule has 3 nitrogen and oxygen atoms in total. The topological polar surface area (TPSA) is 29.9 Å². The van der Waals surface area contributed by atoms with Crippen LogP contribution in [0, 0.1) is 20.8 Å². The van der Waals surface area contributed by atoms with Crippen molar-refractivity contribution in [2.24, 2.45) is 0 Å². The standard InChI is InChI=1S/C16H22BrN3/c1-10(2)18-9-14-6-7-15(8-16(14)17)20-13(5)11(3)12(4)19-20/h6-8,10,18H,9H2,1-5H3. The highest BCUT2D eigenvalue weighted by Gasteiger charge is 2.10. The van der Waals surface area contributed by atoms with E-state index in [2.05, 4.69) is 79.2 Å². The van der Waals surface area contributed by atoms with E-state index in [1.807, 2.05) is 4.68 Å². The quantitative estimate of drug-likeness (QED) is 0.913. The van der Waals surface area contributed by atoms with Crippen LogP contribution < -0.4 is 5.32 Å². The van der Waals surface area contributed by atoms with Crippen LogP contribution in [0.25, 0.3) is 5.69 Å². The molecule has 108 valence electrons. The number of rotatable bonds is 4. The third-order valence-electron chi connectivity index (χ3n) is 3.64. The smallest absolute Gasteiger partial charge is 0.0660 e. The highest BCUT2D eigenvalue weighted by Crippen LogP contribution is 2.23. The maximum Gasteiger partial charge on any atom is 0.0660 e. The minimum atomic E-state index is 0.486. The zero-order chi connectivity index (χ0) is 14.9. The second kappa shape index (κ2) is 6.10. The molecular formula is C16H22BrN3. The molecule has 20 heavy (non-hydrogen) atoms. The molecule has 1 aromatic heterocycles. The second-order valence-corrected chi connectivity index (χ2v) is 6.37. The van der Waals surface area contributed by atoms with Gasteiger partial charge >= 0.3 is 0 Å². The van der Waals surface area contributed by atoms with Crippen molar-refractivity contribution in [3.05, 3.63) is 45.2 Å². The van der Waals surface area contributed by atoms with E-state index in [0.29, 0.717) is 6.04 Å². The first kappa shape index (κ1) is 15.3. The molecule has 0 atom stereocenters. The molecule has 0 spiro atoms. The van der Waals surface area contributed by atoms with Gasteiger partial charge in [-0.1, -0.05) is 35.8 Å². The van der Waals surface area contributed by atoms with Gasteiger partial charge in [0.1, 0.15) is 0 Å². The normalized spacial score (nSPS) is 11.3. The van der Waals surface area contributed by atoms with Gasteiger partial charge in [0.2, 0.25) is 0 Å². The van der Waals surface area contributed by atoms with Gasteiger partial charge in [0, 0.05) is 22.8 Å². The van der Waals surface area contributed by atoms with Crippen molar-refractivity contribution >= 4 is 15.9 Å². The lowest BCUT2D eigenvalue weighted by Gasteiger charge is -2.12. The molecule has 0 amide bonds. The van der Waals surface area contributed by atoms with Crippen LogP contribution in [0.4, 0.5) is 0 Å². The maximum atomic E-state index is 4.61. The molecule has 0 aliphatic heterocycles. The number of benzene rings is 1. The van der Waals surface area contributed by atoms with Gasteiger partial charge < -0.3 is 5.32 Å². The van der Waals surface area contributed by atoms with E-state index in [0.717, 1.165) is 22.4 Å². The van der Waals surface area contributed by atoms with Gasteiger partial charge in [-0.2, -0.15) is 5.10 Å². The molecule has 1 N–H and O–H groups in total. The molecule has 1 aromatic carbocycles. The molecule has 1 heterocycles. The average Bonchev–Trinajstić information content (AvgIpc) is 2.65. The van der Waals surface area contributed by atoms with Crippen molar-refractivity contribution in [1.29, 1.82) is 0 Å². The lowest BCUT2D eigenvalue weighted by atomic mass is 10.2. The number of nitrogens with zero attached hydrogens (tertiary/aromatic N) is 2. The van der Waals surface area contributed by atoms with Crippen LogP contribution in [0.1, 0.15) is 36.4 Å². The number of nitrogens with one attached hydrogen (secondary N) is 1. The fourth-order valence-electron chi connectivity index (χ4n) is 2.10. The van der Waals surface area contributed by atoms with Gasteiger partial charge in [-0.15, -0.1) is 0 Å². The summed E-state index contributed by atoms with van der Waals surface area (Å²) in [7, 11) is 0. The average molecular weight is 336 g/mol. The third-order valence-corrected chi connectivity index (χ3v) is 4.37. The number of aryl methyl sites for hydroxylation is 1. The Labute approximate surface area is 129 Å². The summed E-state index contributed by atoms with van der Waals surface area (Å²) in [6, 6.07) is 6.90. The molecule has 0 radical (unpaired) electrons. The summed E-state index contributed by atoms with van der Waals surface area (Å²) in [5, 5.41) is 8.04. The van der Waals surface area contributed by atoms with E-state index in [4.69, 9.17) is 0 Å². The number of hydrogen-bond donors (Lipinski definition) is 1. The Morgan fingerprint density at radius 2 is 1.95 bits per heavy atom. The van der Waals surface area contributed by atoms with E-state index < -0.39 is 0 Å². The molecule has 0 aliphatic carbocycles. The molecule has 0 unspecified atom stereocenters. The van der Waals surface area contributed by atoms with E-state index in [9.17, 15) is 0 Å². The van der Waals surface area contributed by atoms with Crippen molar-refractivity contribution in [3.63, 3.8) is 0 Å². The Balaban J connectivity index is 2.31. The van der Waals surface area contributed by atoms with Crippen molar-refractivity contribution in [2.75, 3.05) is 0 Å². The van der Waals surface area contributed by atoms with Crippen LogP contribution >= 0.6 is 15.9 Å². The molecular weight excluding hydrogens is 314 g/mol. The van der Waals surface area contributed by atoms with Gasteiger partial charge in [0.15, 0.2) is 0 Å². The van der Waals surface area contributed by atoms with Crippen molar-refractivity contribution in [3.8, 4) is 5.69 Å². The summed E-state index contributed by atoms with van der Waals surface area (Å²) in [6.07, 6.45) is 0. The summed E-state index contributed by atoms with van der Waals surface area (Å²) in [6.45, 7) is 11.5. The van der Waals surface area contributed by atoms with E-state index in [1.165, 1.54) is 16.8 Å². The molecule has 0 fully saturated rings. The minimum absolute atomic E-state index is 0.486. The Morgan fingerprint density at radius 1 is 1.25 bits per heavy atom. The lowest BCUT2D eigenvalue weighted by molar-refractivity contribution is 0.588. The molecule has 0 aliphatic rings. The van der Waals surface area contributed by atoms with Gasteiger partial charge in [0.05, 0.1) is 11.4 Å². The van der Waals surface area contributed by atoms with Crippen LogP contribution in [0.3, 0.4) is 0 Å². The zero-order valence-electron chi connectivity index (χ0n) is 12.8. The number of aromatic nitrogens is 2. The molecule has 2 rings (SSSR count). The largest absolute Gasteiger partial charge is 0.310 e. The first-order chi connectivity index (χ1) is 9.40. The van der Waals surface area contributed by atoms with Crippen molar-refractivity contribution < 1.29 is 0 Å². The Hall–Kier alpha value is -1.13. The van der Waals surface area contributed by atoms with Crippen LogP contribution in [-0.2, 0) is 6.54 Å². The van der Waals surface area contributed by atoms with Gasteiger partial charge in [-0.05, 0) is 44.0 Å². The zero-order valence-corrected chi connectivity index (χ0v) is 14.4. The third kappa shape index (κ3) is 3.13. The number of halogens is 1. The summed E-state index contributed by atoms with van der Waals surface area (Å²) in [4.78, 5) is 0. The van der Waals surface area contributed by atoms with Gasteiger partial charge in [-0.25, -0.2) is 4.68 Å². The highest BCUT2D eigenvalue weighted by atomic mass is 79.9. The minimum Gasteiger partial charge on any atom is -0.310 e. The first-order valence-electron chi connectivity index (χ1n) is 6.95. The molecule has 2 aromatic rings. The lowest BCUT2D eigenvalue weighted by Crippen LogP contribution is -2.22. The highest BCUT2D eigenvalue weighted by molar-refractivity contribution is 9.10. The van der Waals surface area contributed by atoms with Crippen LogP contribution in [0.15, 0.2) is 22.7 Å². The number of hydrogen-bond acceptors (Lipinski definition) is 2. The van der Waals surface area contributed by atoms with E-state index >= 15 is 0 Å². The van der Waals surface area contributed by atoms with Crippen LogP contribution in [-0.4, -0.2) is 15.8 Å². The molecule has 0 bridgehead atoms. The Bertz CT molecular complexity index is 614.